The second-order valence-electron chi connectivity index (χ2n) is 3.58. The Labute approximate surface area is 107 Å². The number of carbonyl (C=O) groups is 1. The Morgan fingerprint density at radius 3 is 3.06 bits per heavy atom. The first-order chi connectivity index (χ1) is 8.68. The number of nitrogens with one attached hydrogen (secondary N) is 1. The van der Waals surface area contributed by atoms with Gasteiger partial charge in [-0.05, 0) is 18.0 Å². The van der Waals surface area contributed by atoms with E-state index in [1.807, 2.05) is 0 Å². The van der Waals surface area contributed by atoms with Crippen LogP contribution in [-0.2, 0) is 6.54 Å². The molecule has 9 heteroatoms. The van der Waals surface area contributed by atoms with E-state index in [1.54, 1.807) is 17.1 Å². The van der Waals surface area contributed by atoms with Gasteiger partial charge in [-0.3, -0.25) is 9.48 Å². The number of rotatable bonds is 6. The van der Waals surface area contributed by atoms with Crippen molar-refractivity contribution in [3.63, 3.8) is 0 Å². The fourth-order valence-electron chi connectivity index (χ4n) is 1.46. The third-order valence-corrected chi connectivity index (χ3v) is 3.11. The topological polar surface area (TPSA) is 125 Å². The van der Waals surface area contributed by atoms with Gasteiger partial charge < -0.3 is 16.8 Å². The number of nitrogens with two attached hydrogens (primary N) is 2. The van der Waals surface area contributed by atoms with Gasteiger partial charge in [0, 0.05) is 19.3 Å². The van der Waals surface area contributed by atoms with E-state index in [1.165, 1.54) is 0 Å². The highest BCUT2D eigenvalue weighted by Crippen LogP contribution is 2.25. The summed E-state index contributed by atoms with van der Waals surface area (Å²) in [6, 6.07) is 0. The van der Waals surface area contributed by atoms with E-state index in [9.17, 15) is 4.79 Å². The summed E-state index contributed by atoms with van der Waals surface area (Å²) in [6.07, 6.45) is 4.25. The predicted octanol–water partition coefficient (Wildman–Crippen LogP) is -0.0821. The number of hydrogen-bond acceptors (Lipinski definition) is 7. The number of carbonyl (C=O) groups excluding carboxylic acids is 1. The van der Waals surface area contributed by atoms with Crippen LogP contribution in [0.3, 0.4) is 0 Å². The molecule has 0 atom stereocenters. The van der Waals surface area contributed by atoms with E-state index in [0.717, 1.165) is 24.5 Å². The fourth-order valence-corrected chi connectivity index (χ4v) is 2.20. The van der Waals surface area contributed by atoms with Crippen molar-refractivity contribution in [2.75, 3.05) is 17.6 Å². The summed E-state index contributed by atoms with van der Waals surface area (Å²) in [6.45, 7) is 1.41. The molecular weight excluding hydrogens is 254 g/mol. The molecule has 2 heterocycles. The van der Waals surface area contributed by atoms with E-state index in [0.29, 0.717) is 11.5 Å². The Morgan fingerprint density at radius 2 is 2.39 bits per heavy atom. The lowest BCUT2D eigenvalue weighted by atomic mass is 10.3. The largest absolute Gasteiger partial charge is 0.382 e. The van der Waals surface area contributed by atoms with Crippen LogP contribution in [0.15, 0.2) is 12.4 Å². The molecule has 0 aliphatic rings. The number of aromatic nitrogens is 4. The number of amides is 1. The number of anilines is 2. The molecule has 0 radical (unpaired) electrons. The van der Waals surface area contributed by atoms with Crippen molar-refractivity contribution in [3.8, 4) is 0 Å². The van der Waals surface area contributed by atoms with Crippen LogP contribution in [0.4, 0.5) is 10.8 Å². The molecule has 0 bridgehead atoms. The van der Waals surface area contributed by atoms with Crippen LogP contribution < -0.4 is 16.8 Å². The van der Waals surface area contributed by atoms with E-state index >= 15 is 0 Å². The summed E-state index contributed by atoms with van der Waals surface area (Å²) >= 11 is 1.13. The zero-order chi connectivity index (χ0) is 13.0. The van der Waals surface area contributed by atoms with Crippen LogP contribution in [0.5, 0.6) is 0 Å². The molecule has 8 nitrogen and oxygen atoms in total. The summed E-state index contributed by atoms with van der Waals surface area (Å²) < 4.78 is 5.63. The molecule has 2 aromatic heterocycles. The number of nitrogens with zero attached hydrogens (tertiary/aromatic N) is 4. The number of hydrogen-bond donors (Lipinski definition) is 3. The second-order valence-corrected chi connectivity index (χ2v) is 4.36. The van der Waals surface area contributed by atoms with Crippen molar-refractivity contribution in [2.24, 2.45) is 5.73 Å². The first-order valence-electron chi connectivity index (χ1n) is 5.31. The van der Waals surface area contributed by atoms with Gasteiger partial charge in [0.15, 0.2) is 5.82 Å². The van der Waals surface area contributed by atoms with Gasteiger partial charge in [-0.25, -0.2) is 0 Å². The first-order valence-corrected chi connectivity index (χ1v) is 6.08. The zero-order valence-electron chi connectivity index (χ0n) is 9.54. The summed E-state index contributed by atoms with van der Waals surface area (Å²) in [5.41, 5.74) is 11.1. The molecular formula is C9H13N7OS. The molecule has 1 amide bonds. The molecule has 0 spiro atoms. The van der Waals surface area contributed by atoms with E-state index < -0.39 is 5.91 Å². The zero-order valence-corrected chi connectivity index (χ0v) is 10.4. The predicted molar refractivity (Wildman–Crippen MR) is 68.2 cm³/mol. The maximum absolute atomic E-state index is 11.2. The summed E-state index contributed by atoms with van der Waals surface area (Å²) in [5.74, 6) is -0.397. The van der Waals surface area contributed by atoms with Gasteiger partial charge in [0.25, 0.3) is 5.91 Å². The maximum atomic E-state index is 11.2. The minimum absolute atomic E-state index is 0.172. The molecule has 18 heavy (non-hydrogen) atoms. The summed E-state index contributed by atoms with van der Waals surface area (Å²) in [5, 5.41) is 11.3. The van der Waals surface area contributed by atoms with E-state index in [4.69, 9.17) is 11.5 Å². The minimum atomic E-state index is -0.569. The Morgan fingerprint density at radius 1 is 1.56 bits per heavy atom. The molecule has 2 aromatic rings. The standard InChI is InChI=1S/C9H13N7OS/c10-7-6(8(11)17)9(18-14-7)12-2-1-4-16-5-3-13-15-16/h3,5,12H,1-2,4H2,(H2,10,14)(H2,11,17). The van der Waals surface area contributed by atoms with Gasteiger partial charge in [0.05, 0.1) is 6.20 Å². The number of nitrogen functional groups attached to an aromatic ring is 1. The second kappa shape index (κ2) is 5.45. The van der Waals surface area contributed by atoms with Gasteiger partial charge in [-0.15, -0.1) is 5.10 Å². The van der Waals surface area contributed by atoms with Crippen molar-refractivity contribution in [3.05, 3.63) is 18.0 Å². The minimum Gasteiger partial charge on any atom is -0.382 e. The van der Waals surface area contributed by atoms with Gasteiger partial charge in [0.2, 0.25) is 0 Å². The molecule has 0 unspecified atom stereocenters. The lowest BCUT2D eigenvalue weighted by Crippen LogP contribution is -2.15. The van der Waals surface area contributed by atoms with Gasteiger partial charge in [0.1, 0.15) is 10.6 Å². The highest BCUT2D eigenvalue weighted by Gasteiger charge is 2.15. The summed E-state index contributed by atoms with van der Waals surface area (Å²) in [4.78, 5) is 11.2. The highest BCUT2D eigenvalue weighted by atomic mass is 32.1. The quantitative estimate of drug-likeness (QED) is 0.628. The van der Waals surface area contributed by atoms with E-state index in [-0.39, 0.29) is 11.4 Å². The van der Waals surface area contributed by atoms with Crippen LogP contribution in [-0.4, -0.2) is 31.8 Å². The third kappa shape index (κ3) is 2.74. The smallest absolute Gasteiger partial charge is 0.255 e. The summed E-state index contributed by atoms with van der Waals surface area (Å²) in [7, 11) is 0. The fraction of sp³-hybridized carbons (Fsp3) is 0.333. The molecule has 0 aliphatic heterocycles. The van der Waals surface area contributed by atoms with Gasteiger partial charge in [-0.2, -0.15) is 4.37 Å². The molecule has 0 fully saturated rings. The molecule has 0 saturated carbocycles. The van der Waals surface area contributed by atoms with E-state index in [2.05, 4.69) is 20.0 Å². The van der Waals surface area contributed by atoms with Gasteiger partial charge >= 0.3 is 0 Å². The third-order valence-electron chi connectivity index (χ3n) is 2.29. The van der Waals surface area contributed by atoms with Crippen molar-refractivity contribution in [1.82, 2.24) is 19.4 Å². The SMILES string of the molecule is NC(=O)c1c(N)nsc1NCCCn1ccnn1. The van der Waals surface area contributed by atoms with Crippen molar-refractivity contribution in [1.29, 1.82) is 0 Å². The number of primary amides is 1. The maximum Gasteiger partial charge on any atom is 0.255 e. The van der Waals surface area contributed by atoms with Crippen molar-refractivity contribution in [2.45, 2.75) is 13.0 Å². The Bertz CT molecular complexity index is 521. The Balaban J connectivity index is 1.85. The van der Waals surface area contributed by atoms with Crippen LogP contribution >= 0.6 is 11.5 Å². The highest BCUT2D eigenvalue weighted by molar-refractivity contribution is 7.11. The first kappa shape index (κ1) is 12.3. The van der Waals surface area contributed by atoms with Gasteiger partial charge in [-0.1, -0.05) is 5.21 Å². The van der Waals surface area contributed by atoms with Crippen LogP contribution in [0, 0.1) is 0 Å². The Kier molecular flexibility index (Phi) is 3.72. The normalized spacial score (nSPS) is 10.4. The average molecular weight is 267 g/mol. The van der Waals surface area contributed by atoms with Crippen molar-refractivity contribution < 1.29 is 4.79 Å². The van der Waals surface area contributed by atoms with Crippen molar-refractivity contribution >= 4 is 28.3 Å². The Hall–Kier alpha value is -2.16. The molecule has 0 saturated heterocycles. The van der Waals surface area contributed by atoms with Crippen LogP contribution in [0.1, 0.15) is 16.8 Å². The lowest BCUT2D eigenvalue weighted by molar-refractivity contribution is 0.100. The molecule has 2 rings (SSSR count). The number of aryl methyl sites for hydroxylation is 1. The molecule has 0 aromatic carbocycles. The average Bonchev–Trinajstić information content (AvgIpc) is 2.94. The van der Waals surface area contributed by atoms with Crippen LogP contribution in [0.2, 0.25) is 0 Å². The lowest BCUT2D eigenvalue weighted by Gasteiger charge is -2.04. The molecule has 0 aliphatic carbocycles. The molecule has 96 valence electrons. The van der Waals surface area contributed by atoms with Crippen LogP contribution in [0.25, 0.3) is 0 Å². The molecule has 5 N–H and O–H groups in total. The monoisotopic (exact) mass is 267 g/mol.